The number of alkyl halides is 3. The van der Waals surface area contributed by atoms with Crippen molar-refractivity contribution in [3.8, 4) is 0 Å². The minimum Gasteiger partial charge on any atom is -0.458 e. The molecule has 0 radical (unpaired) electrons. The normalized spacial score (nSPS) is 14.9. The van der Waals surface area contributed by atoms with Crippen LogP contribution in [0.15, 0.2) is 43.0 Å². The number of esters is 1. The molecule has 0 saturated heterocycles. The standard InChI is InChI=1S/C26H34F3NO6/c1-9-19(20(21(31)35-24(3,4)5)30-22(32)26(27,28)29)18-14-12-17(13-15-18)11-10-16(2)34-23(33)36-25(6,7)8/h9-16,19-20H,1H2,2-8H3,(H,30,32)/b11-10+. The highest BCUT2D eigenvalue weighted by atomic mass is 19.4. The molecule has 1 rings (SSSR count). The number of carbonyl (C=O) groups is 3. The summed E-state index contributed by atoms with van der Waals surface area (Å²) in [6.07, 6.45) is -2.01. The van der Waals surface area contributed by atoms with E-state index in [1.807, 2.05) is 0 Å². The van der Waals surface area contributed by atoms with Gasteiger partial charge in [0, 0.05) is 5.92 Å². The summed E-state index contributed by atoms with van der Waals surface area (Å²) < 4.78 is 54.2. The molecular weight excluding hydrogens is 479 g/mol. The number of amides is 1. The van der Waals surface area contributed by atoms with Crippen molar-refractivity contribution in [2.24, 2.45) is 0 Å². The SMILES string of the molecule is C=CC(c1ccc(/C=C/C(C)OC(=O)OC(C)(C)C)cc1)C(NC(=O)C(F)(F)F)C(=O)OC(C)(C)C. The Labute approximate surface area is 209 Å². The zero-order valence-corrected chi connectivity index (χ0v) is 21.6. The smallest absolute Gasteiger partial charge is 0.458 e. The molecule has 36 heavy (non-hydrogen) atoms. The predicted molar refractivity (Wildman–Crippen MR) is 129 cm³/mol. The number of carbonyl (C=O) groups excluding carboxylic acids is 3. The maximum atomic E-state index is 12.9. The van der Waals surface area contributed by atoms with Gasteiger partial charge < -0.3 is 19.5 Å². The van der Waals surface area contributed by atoms with Crippen LogP contribution in [-0.4, -0.2) is 47.6 Å². The summed E-state index contributed by atoms with van der Waals surface area (Å²) >= 11 is 0. The van der Waals surface area contributed by atoms with E-state index < -0.39 is 53.5 Å². The van der Waals surface area contributed by atoms with Gasteiger partial charge in [0.2, 0.25) is 0 Å². The molecule has 0 fully saturated rings. The molecule has 0 aromatic heterocycles. The molecule has 200 valence electrons. The fraction of sp³-hybridized carbons (Fsp3) is 0.500. The molecule has 0 aliphatic rings. The van der Waals surface area contributed by atoms with Crippen molar-refractivity contribution >= 4 is 24.1 Å². The summed E-state index contributed by atoms with van der Waals surface area (Å²) in [6, 6.07) is 4.82. The molecule has 0 saturated carbocycles. The second-order valence-corrected chi connectivity index (χ2v) is 10.1. The number of hydrogen-bond donors (Lipinski definition) is 1. The Kier molecular flexibility index (Phi) is 10.3. The number of ether oxygens (including phenoxy) is 3. The molecule has 1 aromatic carbocycles. The maximum Gasteiger partial charge on any atom is 0.509 e. The van der Waals surface area contributed by atoms with E-state index in [1.165, 1.54) is 6.08 Å². The first-order chi connectivity index (χ1) is 16.3. The van der Waals surface area contributed by atoms with Gasteiger partial charge in [-0.1, -0.05) is 36.4 Å². The molecule has 0 aliphatic heterocycles. The Morgan fingerprint density at radius 2 is 1.47 bits per heavy atom. The summed E-state index contributed by atoms with van der Waals surface area (Å²) in [4.78, 5) is 36.1. The van der Waals surface area contributed by atoms with Gasteiger partial charge in [0.05, 0.1) is 0 Å². The Morgan fingerprint density at radius 3 is 1.92 bits per heavy atom. The van der Waals surface area contributed by atoms with Crippen LogP contribution in [-0.2, 0) is 23.8 Å². The molecule has 1 aromatic rings. The molecule has 0 heterocycles. The highest BCUT2D eigenvalue weighted by molar-refractivity contribution is 5.88. The van der Waals surface area contributed by atoms with E-state index in [0.29, 0.717) is 11.1 Å². The van der Waals surface area contributed by atoms with Crippen LogP contribution >= 0.6 is 0 Å². The van der Waals surface area contributed by atoms with E-state index >= 15 is 0 Å². The van der Waals surface area contributed by atoms with E-state index in [-0.39, 0.29) is 0 Å². The summed E-state index contributed by atoms with van der Waals surface area (Å²) in [6.45, 7) is 15.1. The number of nitrogens with one attached hydrogen (secondary N) is 1. The monoisotopic (exact) mass is 513 g/mol. The molecule has 3 unspecified atom stereocenters. The molecule has 0 spiro atoms. The highest BCUT2D eigenvalue weighted by Gasteiger charge is 2.43. The van der Waals surface area contributed by atoms with Gasteiger partial charge in [-0.15, -0.1) is 6.58 Å². The molecule has 3 atom stereocenters. The third-order valence-corrected chi connectivity index (χ3v) is 4.37. The van der Waals surface area contributed by atoms with Gasteiger partial charge in [-0.25, -0.2) is 9.59 Å². The molecular formula is C26H34F3NO6. The number of rotatable bonds is 8. The minimum absolute atomic E-state index is 0.429. The van der Waals surface area contributed by atoms with Gasteiger partial charge in [0.15, 0.2) is 0 Å². The molecule has 0 bridgehead atoms. The van der Waals surface area contributed by atoms with Crippen LogP contribution in [0.25, 0.3) is 6.08 Å². The summed E-state index contributed by atoms with van der Waals surface area (Å²) in [5.41, 5.74) is -0.557. The minimum atomic E-state index is -5.18. The fourth-order valence-corrected chi connectivity index (χ4v) is 2.89. The summed E-state index contributed by atoms with van der Waals surface area (Å²) in [5.74, 6) is -4.29. The molecule has 0 aliphatic carbocycles. The first-order valence-electron chi connectivity index (χ1n) is 11.2. The largest absolute Gasteiger partial charge is 0.509 e. The predicted octanol–water partition coefficient (Wildman–Crippen LogP) is 5.70. The van der Waals surface area contributed by atoms with Crippen molar-refractivity contribution in [2.75, 3.05) is 0 Å². The molecule has 1 N–H and O–H groups in total. The summed E-state index contributed by atoms with van der Waals surface area (Å²) in [7, 11) is 0. The van der Waals surface area contributed by atoms with Crippen LogP contribution in [0.1, 0.15) is 65.5 Å². The van der Waals surface area contributed by atoms with Crippen LogP contribution in [0, 0.1) is 0 Å². The van der Waals surface area contributed by atoms with Gasteiger partial charge in [0.1, 0.15) is 23.3 Å². The van der Waals surface area contributed by atoms with Crippen molar-refractivity contribution in [3.63, 3.8) is 0 Å². The maximum absolute atomic E-state index is 12.9. The van der Waals surface area contributed by atoms with E-state index in [4.69, 9.17) is 14.2 Å². The first-order valence-corrected chi connectivity index (χ1v) is 11.2. The number of benzene rings is 1. The zero-order valence-electron chi connectivity index (χ0n) is 21.6. The zero-order chi connectivity index (χ0) is 27.9. The van der Waals surface area contributed by atoms with Gasteiger partial charge >= 0.3 is 24.2 Å². The fourth-order valence-electron chi connectivity index (χ4n) is 2.89. The van der Waals surface area contributed by atoms with Crippen molar-refractivity contribution < 1.29 is 41.8 Å². The lowest BCUT2D eigenvalue weighted by Crippen LogP contribution is -2.51. The average Bonchev–Trinajstić information content (AvgIpc) is 2.69. The Balaban J connectivity index is 3.08. The second kappa shape index (κ2) is 12.1. The number of hydrogen-bond acceptors (Lipinski definition) is 6. The van der Waals surface area contributed by atoms with Crippen LogP contribution in [0.5, 0.6) is 0 Å². The molecule has 1 amide bonds. The molecule has 7 nitrogen and oxygen atoms in total. The second-order valence-electron chi connectivity index (χ2n) is 10.1. The van der Waals surface area contributed by atoms with Gasteiger partial charge in [-0.2, -0.15) is 13.2 Å². The first kappa shape index (κ1) is 30.7. The van der Waals surface area contributed by atoms with Crippen molar-refractivity contribution in [1.82, 2.24) is 5.32 Å². The van der Waals surface area contributed by atoms with Gasteiger partial charge in [-0.3, -0.25) is 4.79 Å². The quantitative estimate of drug-likeness (QED) is 0.354. The highest BCUT2D eigenvalue weighted by Crippen LogP contribution is 2.26. The van der Waals surface area contributed by atoms with Crippen LogP contribution in [0.3, 0.4) is 0 Å². The third kappa shape index (κ3) is 11.0. The van der Waals surface area contributed by atoms with Crippen LogP contribution < -0.4 is 5.32 Å². The van der Waals surface area contributed by atoms with Crippen molar-refractivity contribution in [3.05, 3.63) is 54.1 Å². The Bertz CT molecular complexity index is 956. The third-order valence-electron chi connectivity index (χ3n) is 4.37. The van der Waals surface area contributed by atoms with Crippen LogP contribution in [0.2, 0.25) is 0 Å². The molecule has 10 heteroatoms. The van der Waals surface area contributed by atoms with E-state index in [9.17, 15) is 27.6 Å². The average molecular weight is 514 g/mol. The lowest BCUT2D eigenvalue weighted by Gasteiger charge is -2.29. The summed E-state index contributed by atoms with van der Waals surface area (Å²) in [5, 5.41) is 1.73. The van der Waals surface area contributed by atoms with Crippen LogP contribution in [0.4, 0.5) is 18.0 Å². The van der Waals surface area contributed by atoms with Crippen molar-refractivity contribution in [2.45, 2.75) is 83.9 Å². The lowest BCUT2D eigenvalue weighted by atomic mass is 9.90. The van der Waals surface area contributed by atoms with Gasteiger partial charge in [-0.05, 0) is 65.7 Å². The Morgan fingerprint density at radius 1 is 0.944 bits per heavy atom. The van der Waals surface area contributed by atoms with Gasteiger partial charge in [0.25, 0.3) is 0 Å². The number of halogens is 3. The van der Waals surface area contributed by atoms with Crippen molar-refractivity contribution in [1.29, 1.82) is 0 Å². The van der Waals surface area contributed by atoms with E-state index in [2.05, 4.69) is 6.58 Å². The van der Waals surface area contributed by atoms with E-state index in [0.717, 1.165) is 0 Å². The lowest BCUT2D eigenvalue weighted by molar-refractivity contribution is -0.177. The van der Waals surface area contributed by atoms with E-state index in [1.54, 1.807) is 90.2 Å². The Hall–Kier alpha value is -3.30. The topological polar surface area (TPSA) is 90.9 Å².